The van der Waals surface area contributed by atoms with E-state index in [9.17, 15) is 4.79 Å². The zero-order valence-corrected chi connectivity index (χ0v) is 17.3. The van der Waals surface area contributed by atoms with Crippen molar-refractivity contribution in [2.45, 2.75) is 25.4 Å². The second-order valence-electron chi connectivity index (χ2n) is 7.88. The summed E-state index contributed by atoms with van der Waals surface area (Å²) < 4.78 is 14.0. The molecule has 6 heteroatoms. The van der Waals surface area contributed by atoms with Gasteiger partial charge in [0, 0.05) is 49.7 Å². The zero-order valence-electron chi connectivity index (χ0n) is 17.3. The minimum absolute atomic E-state index is 0.0361. The molecule has 1 spiro atoms. The van der Waals surface area contributed by atoms with Gasteiger partial charge >= 0.3 is 0 Å². The number of piperidine rings is 1. The molecule has 2 aromatic carbocycles. The molecular weight excluding hydrogens is 378 g/mol. The summed E-state index contributed by atoms with van der Waals surface area (Å²) in [4.78, 5) is 15.0. The lowest BCUT2D eigenvalue weighted by Gasteiger charge is -2.44. The quantitative estimate of drug-likeness (QED) is 0.663. The molecule has 3 aromatic rings. The highest BCUT2D eigenvalue weighted by Gasteiger charge is 2.45. The summed E-state index contributed by atoms with van der Waals surface area (Å²) in [7, 11) is 1.97. The molecule has 0 bridgehead atoms. The highest BCUT2D eigenvalue weighted by Crippen LogP contribution is 2.49. The van der Waals surface area contributed by atoms with Crippen LogP contribution >= 0.6 is 0 Å². The van der Waals surface area contributed by atoms with Crippen LogP contribution in [0, 0.1) is 0 Å². The maximum absolute atomic E-state index is 13.1. The SMILES string of the molecule is CCOc1cccc(C(=O)N2CCC3(CC2)Oc2ccccc2-c2c3cnn2C)c1. The van der Waals surface area contributed by atoms with Gasteiger partial charge in [0.25, 0.3) is 5.91 Å². The summed E-state index contributed by atoms with van der Waals surface area (Å²) in [6, 6.07) is 15.5. The molecule has 0 N–H and O–H groups in total. The van der Waals surface area contributed by atoms with E-state index in [0.717, 1.165) is 41.2 Å². The van der Waals surface area contributed by atoms with Crippen molar-refractivity contribution in [3.63, 3.8) is 0 Å². The van der Waals surface area contributed by atoms with Gasteiger partial charge in [-0.3, -0.25) is 9.48 Å². The van der Waals surface area contributed by atoms with Crippen LogP contribution in [0.5, 0.6) is 11.5 Å². The Labute approximate surface area is 176 Å². The van der Waals surface area contributed by atoms with Gasteiger partial charge in [0.05, 0.1) is 18.5 Å². The van der Waals surface area contributed by atoms with Crippen LogP contribution in [0.4, 0.5) is 0 Å². The van der Waals surface area contributed by atoms with Gasteiger partial charge in [-0.1, -0.05) is 18.2 Å². The van der Waals surface area contributed by atoms with E-state index < -0.39 is 5.60 Å². The topological polar surface area (TPSA) is 56.6 Å². The van der Waals surface area contributed by atoms with Gasteiger partial charge in [0.1, 0.15) is 17.1 Å². The van der Waals surface area contributed by atoms with Crippen LogP contribution in [0.15, 0.2) is 54.7 Å². The van der Waals surface area contributed by atoms with Crippen molar-refractivity contribution in [1.29, 1.82) is 0 Å². The first kappa shape index (κ1) is 18.7. The highest BCUT2D eigenvalue weighted by atomic mass is 16.5. The minimum atomic E-state index is -0.443. The van der Waals surface area contributed by atoms with Gasteiger partial charge in [-0.05, 0) is 37.3 Å². The number of benzene rings is 2. The third-order valence-electron chi connectivity index (χ3n) is 6.13. The summed E-state index contributed by atoms with van der Waals surface area (Å²) in [5.41, 5.74) is 3.52. The van der Waals surface area contributed by atoms with Crippen LogP contribution in [0.1, 0.15) is 35.7 Å². The fraction of sp³-hybridized carbons (Fsp3) is 0.333. The van der Waals surface area contributed by atoms with E-state index in [0.29, 0.717) is 25.3 Å². The second kappa shape index (κ2) is 7.20. The van der Waals surface area contributed by atoms with E-state index in [1.54, 1.807) is 0 Å². The second-order valence-corrected chi connectivity index (χ2v) is 7.88. The number of rotatable bonds is 3. The average Bonchev–Trinajstić information content (AvgIpc) is 3.17. The number of aromatic nitrogens is 2. The van der Waals surface area contributed by atoms with Gasteiger partial charge in [0.2, 0.25) is 0 Å². The molecule has 1 aromatic heterocycles. The molecule has 1 amide bonds. The van der Waals surface area contributed by atoms with Gasteiger partial charge in [-0.2, -0.15) is 5.10 Å². The van der Waals surface area contributed by atoms with Crippen molar-refractivity contribution in [3.8, 4) is 22.8 Å². The average molecular weight is 403 g/mol. The number of nitrogens with zero attached hydrogens (tertiary/aromatic N) is 3. The molecule has 1 saturated heterocycles. The molecule has 2 aliphatic heterocycles. The minimum Gasteiger partial charge on any atom is -0.494 e. The number of aryl methyl sites for hydroxylation is 1. The number of hydrogen-bond acceptors (Lipinski definition) is 4. The van der Waals surface area contributed by atoms with Crippen LogP contribution in [-0.2, 0) is 12.6 Å². The number of fused-ring (bicyclic) bond motifs is 4. The van der Waals surface area contributed by atoms with Crippen LogP contribution in [-0.4, -0.2) is 40.3 Å². The van der Waals surface area contributed by atoms with Crippen LogP contribution in [0.25, 0.3) is 11.3 Å². The molecule has 5 rings (SSSR count). The number of likely N-dealkylation sites (tertiary alicyclic amines) is 1. The number of hydrogen-bond donors (Lipinski definition) is 0. The number of ether oxygens (including phenoxy) is 2. The summed E-state index contributed by atoms with van der Waals surface area (Å²) in [5.74, 6) is 1.65. The lowest BCUT2D eigenvalue weighted by Crippen LogP contribution is -2.49. The third-order valence-corrected chi connectivity index (χ3v) is 6.13. The van der Waals surface area contributed by atoms with Crippen molar-refractivity contribution in [1.82, 2.24) is 14.7 Å². The van der Waals surface area contributed by atoms with Crippen molar-refractivity contribution in [2.24, 2.45) is 7.05 Å². The molecule has 154 valence electrons. The fourth-order valence-electron chi connectivity index (χ4n) is 4.62. The fourth-order valence-corrected chi connectivity index (χ4v) is 4.62. The molecule has 1 fully saturated rings. The van der Waals surface area contributed by atoms with Crippen LogP contribution in [0.2, 0.25) is 0 Å². The van der Waals surface area contributed by atoms with E-state index >= 15 is 0 Å². The molecule has 0 aliphatic carbocycles. The van der Waals surface area contributed by atoms with E-state index in [1.807, 2.05) is 72.2 Å². The summed E-state index contributed by atoms with van der Waals surface area (Å²) in [6.07, 6.45) is 3.39. The van der Waals surface area contributed by atoms with Crippen LogP contribution in [0.3, 0.4) is 0 Å². The Hall–Kier alpha value is -3.28. The van der Waals surface area contributed by atoms with E-state index in [2.05, 4.69) is 11.2 Å². The maximum Gasteiger partial charge on any atom is 0.253 e. The Morgan fingerprint density at radius 3 is 2.77 bits per heavy atom. The van der Waals surface area contributed by atoms with Crippen LogP contribution < -0.4 is 9.47 Å². The summed E-state index contributed by atoms with van der Waals surface area (Å²) in [6.45, 7) is 3.78. The first-order valence-corrected chi connectivity index (χ1v) is 10.4. The molecule has 0 saturated carbocycles. The van der Waals surface area contributed by atoms with E-state index in [-0.39, 0.29) is 5.91 Å². The molecule has 2 aliphatic rings. The first-order chi connectivity index (χ1) is 14.6. The van der Waals surface area contributed by atoms with E-state index in [4.69, 9.17) is 9.47 Å². The molecular formula is C24H25N3O3. The number of carbonyl (C=O) groups excluding carboxylic acids is 1. The van der Waals surface area contributed by atoms with Crippen molar-refractivity contribution < 1.29 is 14.3 Å². The Morgan fingerprint density at radius 1 is 1.17 bits per heavy atom. The van der Waals surface area contributed by atoms with Crippen molar-refractivity contribution in [3.05, 3.63) is 65.9 Å². The number of amides is 1. The standard InChI is InChI=1S/C24H25N3O3/c1-3-29-18-8-6-7-17(15-18)23(28)27-13-11-24(12-14-27)20-16-25-26(2)22(20)19-9-4-5-10-21(19)30-24/h4-10,15-16H,3,11-14H2,1-2H3. The number of carbonyl (C=O) groups is 1. The highest BCUT2D eigenvalue weighted by molar-refractivity contribution is 5.94. The molecule has 0 atom stereocenters. The molecule has 0 radical (unpaired) electrons. The molecule has 0 unspecified atom stereocenters. The predicted octanol–water partition coefficient (Wildman–Crippen LogP) is 4.01. The van der Waals surface area contributed by atoms with Gasteiger partial charge in [0.15, 0.2) is 0 Å². The monoisotopic (exact) mass is 403 g/mol. The van der Waals surface area contributed by atoms with Crippen molar-refractivity contribution >= 4 is 5.91 Å². The van der Waals surface area contributed by atoms with Gasteiger partial charge < -0.3 is 14.4 Å². The Kier molecular flexibility index (Phi) is 4.50. The Balaban J connectivity index is 1.39. The zero-order chi connectivity index (χ0) is 20.7. The Bertz CT molecular complexity index is 1100. The molecule has 3 heterocycles. The van der Waals surface area contributed by atoms with Crippen molar-refractivity contribution in [2.75, 3.05) is 19.7 Å². The first-order valence-electron chi connectivity index (χ1n) is 10.4. The summed E-state index contributed by atoms with van der Waals surface area (Å²) >= 11 is 0. The predicted molar refractivity (Wildman–Crippen MR) is 114 cm³/mol. The summed E-state index contributed by atoms with van der Waals surface area (Å²) in [5, 5.41) is 4.52. The lowest BCUT2D eigenvalue weighted by molar-refractivity contribution is -0.00173. The number of para-hydroxylation sites is 1. The van der Waals surface area contributed by atoms with Gasteiger partial charge in [-0.25, -0.2) is 0 Å². The molecule has 6 nitrogen and oxygen atoms in total. The van der Waals surface area contributed by atoms with Gasteiger partial charge in [-0.15, -0.1) is 0 Å². The van der Waals surface area contributed by atoms with E-state index in [1.165, 1.54) is 0 Å². The Morgan fingerprint density at radius 2 is 1.97 bits per heavy atom. The molecule has 30 heavy (non-hydrogen) atoms. The smallest absolute Gasteiger partial charge is 0.253 e. The largest absolute Gasteiger partial charge is 0.494 e. The normalized spacial score (nSPS) is 16.5. The maximum atomic E-state index is 13.1. The lowest BCUT2D eigenvalue weighted by atomic mass is 9.81. The third kappa shape index (κ3) is 2.95.